The molecule has 0 aliphatic carbocycles. The van der Waals surface area contributed by atoms with E-state index in [0.29, 0.717) is 45.1 Å². The summed E-state index contributed by atoms with van der Waals surface area (Å²) in [6.07, 6.45) is 1.46. The van der Waals surface area contributed by atoms with Gasteiger partial charge in [0.15, 0.2) is 5.58 Å². The molecular formula is C25H17F2N3O4. The van der Waals surface area contributed by atoms with Crippen LogP contribution in [0.3, 0.4) is 0 Å². The van der Waals surface area contributed by atoms with E-state index in [1.165, 1.54) is 6.26 Å². The molecule has 5 rings (SSSR count). The van der Waals surface area contributed by atoms with E-state index in [1.807, 2.05) is 18.2 Å². The number of nitrogens with one attached hydrogen (secondary N) is 1. The molecule has 170 valence electrons. The van der Waals surface area contributed by atoms with Crippen LogP contribution in [-0.4, -0.2) is 23.2 Å². The van der Waals surface area contributed by atoms with Gasteiger partial charge in [-0.15, -0.1) is 0 Å². The zero-order valence-electron chi connectivity index (χ0n) is 17.8. The molecule has 0 unspecified atom stereocenters. The monoisotopic (exact) mass is 461 g/mol. The summed E-state index contributed by atoms with van der Waals surface area (Å²) in [5, 5.41) is 7.30. The number of halogens is 2. The highest BCUT2D eigenvalue weighted by Gasteiger charge is 2.18. The summed E-state index contributed by atoms with van der Waals surface area (Å²) in [7, 11) is 1.58. The Hall–Kier alpha value is -4.53. The fourth-order valence-electron chi connectivity index (χ4n) is 3.53. The van der Waals surface area contributed by atoms with Gasteiger partial charge in [0, 0.05) is 23.7 Å². The van der Waals surface area contributed by atoms with Crippen molar-refractivity contribution >= 4 is 16.9 Å². The highest BCUT2D eigenvalue weighted by atomic mass is 19.1. The Kier molecular flexibility index (Phi) is 5.51. The average Bonchev–Trinajstić information content (AvgIpc) is 3.48. The molecule has 0 saturated heterocycles. The summed E-state index contributed by atoms with van der Waals surface area (Å²) in [6, 6.07) is 15.2. The van der Waals surface area contributed by atoms with E-state index in [9.17, 15) is 13.6 Å². The number of fused-ring (bicyclic) bond motifs is 1. The van der Waals surface area contributed by atoms with Gasteiger partial charge in [0.1, 0.15) is 35.0 Å². The van der Waals surface area contributed by atoms with Crippen LogP contribution in [-0.2, 0) is 6.54 Å². The van der Waals surface area contributed by atoms with Crippen molar-refractivity contribution in [3.05, 3.63) is 89.7 Å². The normalized spacial score (nSPS) is 11.0. The van der Waals surface area contributed by atoms with Crippen LogP contribution < -0.4 is 10.1 Å². The highest BCUT2D eigenvalue weighted by molar-refractivity contribution is 6.00. The van der Waals surface area contributed by atoms with E-state index in [-0.39, 0.29) is 6.54 Å². The summed E-state index contributed by atoms with van der Waals surface area (Å²) in [4.78, 5) is 17.2. The molecule has 3 aromatic carbocycles. The molecule has 2 aromatic heterocycles. The first-order valence-corrected chi connectivity index (χ1v) is 10.2. The molecule has 5 aromatic rings. The number of methoxy groups -OCH3 is 1. The molecule has 0 aliphatic heterocycles. The number of aromatic nitrogens is 2. The maximum absolute atomic E-state index is 13.4. The van der Waals surface area contributed by atoms with Gasteiger partial charge in [-0.3, -0.25) is 4.79 Å². The first-order chi connectivity index (χ1) is 16.5. The Morgan fingerprint density at radius 3 is 2.68 bits per heavy atom. The van der Waals surface area contributed by atoms with Crippen LogP contribution in [0.25, 0.3) is 33.8 Å². The van der Waals surface area contributed by atoms with Crippen LogP contribution in [0.2, 0.25) is 0 Å². The van der Waals surface area contributed by atoms with Crippen molar-refractivity contribution in [2.24, 2.45) is 0 Å². The van der Waals surface area contributed by atoms with Gasteiger partial charge in [0.2, 0.25) is 5.89 Å². The topological polar surface area (TPSA) is 90.4 Å². The van der Waals surface area contributed by atoms with Crippen molar-refractivity contribution in [1.29, 1.82) is 0 Å². The largest absolute Gasteiger partial charge is 0.497 e. The summed E-state index contributed by atoms with van der Waals surface area (Å²) in [5.41, 5.74) is 2.67. The van der Waals surface area contributed by atoms with Gasteiger partial charge in [0.25, 0.3) is 5.91 Å². The second-order valence-corrected chi connectivity index (χ2v) is 7.47. The molecule has 0 fully saturated rings. The van der Waals surface area contributed by atoms with Gasteiger partial charge in [0.05, 0.1) is 12.5 Å². The van der Waals surface area contributed by atoms with Crippen molar-refractivity contribution < 1.29 is 27.3 Å². The second-order valence-electron chi connectivity index (χ2n) is 7.47. The molecular weight excluding hydrogens is 444 g/mol. The lowest BCUT2D eigenvalue weighted by Gasteiger charge is -2.06. The molecule has 7 nitrogen and oxygen atoms in total. The Morgan fingerprint density at radius 1 is 1.06 bits per heavy atom. The van der Waals surface area contributed by atoms with E-state index < -0.39 is 17.5 Å². The number of carbonyl (C=O) groups is 1. The number of carbonyl (C=O) groups excluding carboxylic acids is 1. The molecule has 0 atom stereocenters. The predicted molar refractivity (Wildman–Crippen MR) is 119 cm³/mol. The zero-order chi connectivity index (χ0) is 23.7. The zero-order valence-corrected chi connectivity index (χ0v) is 17.8. The number of benzene rings is 3. The third-order valence-corrected chi connectivity index (χ3v) is 5.17. The van der Waals surface area contributed by atoms with Gasteiger partial charge in [-0.25, -0.2) is 13.8 Å². The van der Waals surface area contributed by atoms with Crippen LogP contribution >= 0.6 is 0 Å². The molecule has 34 heavy (non-hydrogen) atoms. The molecule has 1 amide bonds. The van der Waals surface area contributed by atoms with Crippen LogP contribution in [0.4, 0.5) is 8.78 Å². The fraction of sp³-hybridized carbons (Fsp3) is 0.0800. The van der Waals surface area contributed by atoms with E-state index in [4.69, 9.17) is 13.7 Å². The predicted octanol–water partition coefficient (Wildman–Crippen LogP) is 5.37. The molecule has 2 heterocycles. The lowest BCUT2D eigenvalue weighted by Crippen LogP contribution is -2.22. The van der Waals surface area contributed by atoms with Gasteiger partial charge in [-0.05, 0) is 54.1 Å². The summed E-state index contributed by atoms with van der Waals surface area (Å²) in [6.45, 7) is -0.0325. The van der Waals surface area contributed by atoms with Crippen molar-refractivity contribution in [2.75, 3.05) is 7.11 Å². The van der Waals surface area contributed by atoms with Gasteiger partial charge >= 0.3 is 0 Å². The van der Waals surface area contributed by atoms with Crippen LogP contribution in [0.15, 0.2) is 75.9 Å². The van der Waals surface area contributed by atoms with Gasteiger partial charge < -0.3 is 19.0 Å². The smallest absolute Gasteiger partial charge is 0.251 e. The van der Waals surface area contributed by atoms with Crippen LogP contribution in [0.5, 0.6) is 5.75 Å². The van der Waals surface area contributed by atoms with Crippen molar-refractivity contribution in [3.8, 4) is 28.6 Å². The van der Waals surface area contributed by atoms with E-state index >= 15 is 0 Å². The summed E-state index contributed by atoms with van der Waals surface area (Å²) in [5.74, 6) is -0.792. The molecule has 0 aliphatic rings. The Bertz CT molecular complexity index is 1490. The number of hydrogen-bond acceptors (Lipinski definition) is 6. The average molecular weight is 461 g/mol. The van der Waals surface area contributed by atoms with Crippen molar-refractivity contribution in [2.45, 2.75) is 6.54 Å². The molecule has 0 saturated carbocycles. The summed E-state index contributed by atoms with van der Waals surface area (Å²) < 4.78 is 43.0. The minimum Gasteiger partial charge on any atom is -0.497 e. The summed E-state index contributed by atoms with van der Waals surface area (Å²) >= 11 is 0. The van der Waals surface area contributed by atoms with Gasteiger partial charge in [-0.2, -0.15) is 0 Å². The lowest BCUT2D eigenvalue weighted by molar-refractivity contribution is 0.0951. The molecule has 0 spiro atoms. The number of hydrogen-bond donors (Lipinski definition) is 1. The minimum atomic E-state index is -0.708. The van der Waals surface area contributed by atoms with Crippen LogP contribution in [0, 0.1) is 11.6 Å². The SMILES string of the molecule is COc1cccc(-c2nc(-c3noc4ccc(C(=O)NCc5cc(F)cc(F)c5)cc34)co2)c1. The van der Waals surface area contributed by atoms with E-state index in [2.05, 4.69) is 15.5 Å². The molecule has 9 heteroatoms. The molecule has 0 radical (unpaired) electrons. The molecule has 0 bridgehead atoms. The maximum atomic E-state index is 13.4. The fourth-order valence-corrected chi connectivity index (χ4v) is 3.53. The first kappa shape index (κ1) is 21.3. The minimum absolute atomic E-state index is 0.0325. The van der Waals surface area contributed by atoms with E-state index in [0.717, 1.165) is 23.8 Å². The van der Waals surface area contributed by atoms with E-state index in [1.54, 1.807) is 31.4 Å². The second kappa shape index (κ2) is 8.78. The Balaban J connectivity index is 1.40. The number of amides is 1. The number of oxazole rings is 1. The van der Waals surface area contributed by atoms with Gasteiger partial charge in [-0.1, -0.05) is 11.2 Å². The lowest BCUT2D eigenvalue weighted by atomic mass is 10.1. The first-order valence-electron chi connectivity index (χ1n) is 10.2. The standard InChI is InChI=1S/C25H17F2N3O4/c1-32-19-4-2-3-16(9-19)25-29-21(13-33-25)23-20-10-15(5-6-22(20)34-30-23)24(31)28-12-14-7-17(26)11-18(27)8-14/h2-11,13H,12H2,1H3,(H,28,31). The third-order valence-electron chi connectivity index (χ3n) is 5.17. The number of rotatable bonds is 6. The highest BCUT2D eigenvalue weighted by Crippen LogP contribution is 2.31. The number of ether oxygens (including phenoxy) is 1. The number of nitrogens with zero attached hydrogens (tertiary/aromatic N) is 2. The molecule has 1 N–H and O–H groups in total. The Morgan fingerprint density at radius 2 is 1.88 bits per heavy atom. The maximum Gasteiger partial charge on any atom is 0.251 e. The third kappa shape index (κ3) is 4.23. The van der Waals surface area contributed by atoms with Crippen LogP contribution in [0.1, 0.15) is 15.9 Å². The van der Waals surface area contributed by atoms with Crippen molar-refractivity contribution in [3.63, 3.8) is 0 Å². The quantitative estimate of drug-likeness (QED) is 0.366. The van der Waals surface area contributed by atoms with Crippen molar-refractivity contribution in [1.82, 2.24) is 15.5 Å². The Labute approximate surface area is 192 Å².